The molecule has 0 aliphatic carbocycles. The number of halogens is 1. The third-order valence-electron chi connectivity index (χ3n) is 4.85. The Labute approximate surface area is 165 Å². The fourth-order valence-corrected chi connectivity index (χ4v) is 3.38. The molecule has 0 radical (unpaired) electrons. The number of carbonyl (C=O) groups is 2. The molecule has 5 heteroatoms. The van der Waals surface area contributed by atoms with E-state index in [9.17, 15) is 9.59 Å². The zero-order chi connectivity index (χ0) is 19.6. The van der Waals surface area contributed by atoms with Gasteiger partial charge in [-0.25, -0.2) is 0 Å². The summed E-state index contributed by atoms with van der Waals surface area (Å²) in [6, 6.07) is 14.9. The van der Waals surface area contributed by atoms with Crippen LogP contribution < -0.4 is 4.90 Å². The maximum absolute atomic E-state index is 13.3. The Bertz CT molecular complexity index is 840. The van der Waals surface area contributed by atoms with E-state index < -0.39 is 0 Å². The first-order valence-electron chi connectivity index (χ1n) is 9.21. The van der Waals surface area contributed by atoms with E-state index in [1.165, 1.54) is 5.56 Å². The Balaban J connectivity index is 1.91. The predicted molar refractivity (Wildman–Crippen MR) is 109 cm³/mol. The van der Waals surface area contributed by atoms with Gasteiger partial charge in [0, 0.05) is 29.2 Å². The highest BCUT2D eigenvalue weighted by molar-refractivity contribution is 6.31. The van der Waals surface area contributed by atoms with E-state index in [-0.39, 0.29) is 23.9 Å². The number of nitrogens with zero attached hydrogens (tertiary/aromatic N) is 2. The summed E-state index contributed by atoms with van der Waals surface area (Å²) in [5.41, 5.74) is 2.47. The second kappa shape index (κ2) is 7.73. The Morgan fingerprint density at radius 3 is 2.41 bits per heavy atom. The van der Waals surface area contributed by atoms with Gasteiger partial charge in [-0.1, -0.05) is 50.6 Å². The molecular formula is C22H25ClN2O2. The molecule has 0 N–H and O–H groups in total. The third kappa shape index (κ3) is 4.51. The zero-order valence-electron chi connectivity index (χ0n) is 16.0. The van der Waals surface area contributed by atoms with Crippen LogP contribution in [0.5, 0.6) is 0 Å². The Morgan fingerprint density at radius 1 is 1.15 bits per heavy atom. The zero-order valence-corrected chi connectivity index (χ0v) is 16.8. The average molecular weight is 385 g/mol. The van der Waals surface area contributed by atoms with E-state index >= 15 is 0 Å². The first kappa shape index (κ1) is 19.4. The SMILES string of the molecule is CC(C)(C)c1ccc(C(=O)N(CN2CCCC2=O)c2cccc(Cl)c2)cc1. The molecule has 0 atom stereocenters. The van der Waals surface area contributed by atoms with Crippen LogP contribution in [0.1, 0.15) is 49.5 Å². The molecule has 0 unspecified atom stereocenters. The fraction of sp³-hybridized carbons (Fsp3) is 0.364. The van der Waals surface area contributed by atoms with Gasteiger partial charge in [-0.15, -0.1) is 0 Å². The molecule has 0 bridgehead atoms. The molecule has 1 fully saturated rings. The van der Waals surface area contributed by atoms with Gasteiger partial charge < -0.3 is 4.90 Å². The van der Waals surface area contributed by atoms with Crippen molar-refractivity contribution >= 4 is 29.1 Å². The lowest BCUT2D eigenvalue weighted by Gasteiger charge is -2.28. The minimum absolute atomic E-state index is 0.0240. The number of anilines is 1. The Morgan fingerprint density at radius 2 is 1.85 bits per heavy atom. The second-order valence-corrected chi connectivity index (χ2v) is 8.38. The molecule has 4 nitrogen and oxygen atoms in total. The summed E-state index contributed by atoms with van der Waals surface area (Å²) in [6.07, 6.45) is 1.37. The van der Waals surface area contributed by atoms with Crippen LogP contribution in [-0.2, 0) is 10.2 Å². The quantitative estimate of drug-likeness (QED) is 0.754. The number of amides is 2. The van der Waals surface area contributed by atoms with Gasteiger partial charge in [-0.3, -0.25) is 14.5 Å². The normalized spacial score (nSPS) is 14.5. The van der Waals surface area contributed by atoms with Crippen molar-refractivity contribution < 1.29 is 9.59 Å². The number of likely N-dealkylation sites (tertiary alicyclic amines) is 1. The number of rotatable bonds is 4. The van der Waals surface area contributed by atoms with Gasteiger partial charge in [-0.05, 0) is 47.7 Å². The van der Waals surface area contributed by atoms with Gasteiger partial charge in [0.05, 0.1) is 0 Å². The molecule has 2 aromatic rings. The summed E-state index contributed by atoms with van der Waals surface area (Å²) in [4.78, 5) is 28.7. The summed E-state index contributed by atoms with van der Waals surface area (Å²) in [6.45, 7) is 7.33. The van der Waals surface area contributed by atoms with E-state index in [1.54, 1.807) is 21.9 Å². The van der Waals surface area contributed by atoms with Gasteiger partial charge in [0.15, 0.2) is 0 Å². The van der Waals surface area contributed by atoms with Crippen molar-refractivity contribution in [1.29, 1.82) is 0 Å². The van der Waals surface area contributed by atoms with Crippen LogP contribution >= 0.6 is 11.6 Å². The van der Waals surface area contributed by atoms with Gasteiger partial charge in [-0.2, -0.15) is 0 Å². The molecule has 1 heterocycles. The van der Waals surface area contributed by atoms with Crippen molar-refractivity contribution in [3.63, 3.8) is 0 Å². The average Bonchev–Trinajstić information content (AvgIpc) is 3.03. The number of hydrogen-bond donors (Lipinski definition) is 0. The molecule has 0 aromatic heterocycles. The topological polar surface area (TPSA) is 40.6 Å². The highest BCUT2D eigenvalue weighted by atomic mass is 35.5. The molecule has 3 rings (SSSR count). The summed E-state index contributed by atoms with van der Waals surface area (Å²) < 4.78 is 0. The summed E-state index contributed by atoms with van der Waals surface area (Å²) in [5, 5.41) is 0.557. The standard InChI is InChI=1S/C22H25ClN2O2/c1-22(2,3)17-11-9-16(10-12-17)21(27)25(15-24-13-5-8-20(24)26)19-7-4-6-18(23)14-19/h4,6-7,9-12,14H,5,8,13,15H2,1-3H3. The van der Waals surface area contributed by atoms with Crippen molar-refractivity contribution in [3.8, 4) is 0 Å². The maximum atomic E-state index is 13.3. The van der Waals surface area contributed by atoms with Crippen molar-refractivity contribution in [1.82, 2.24) is 4.90 Å². The molecule has 2 aromatic carbocycles. The Hall–Kier alpha value is -2.33. The van der Waals surface area contributed by atoms with Gasteiger partial charge in [0.1, 0.15) is 6.67 Å². The first-order chi connectivity index (χ1) is 12.8. The van der Waals surface area contributed by atoms with Gasteiger partial charge >= 0.3 is 0 Å². The number of benzene rings is 2. The molecule has 142 valence electrons. The number of carbonyl (C=O) groups excluding carboxylic acids is 2. The van der Waals surface area contributed by atoms with Gasteiger partial charge in [0.25, 0.3) is 5.91 Å². The summed E-state index contributed by atoms with van der Waals surface area (Å²) in [7, 11) is 0. The van der Waals surface area contributed by atoms with Crippen molar-refractivity contribution in [2.45, 2.75) is 39.0 Å². The molecule has 0 spiro atoms. The van der Waals surface area contributed by atoms with Crippen LogP contribution in [0.15, 0.2) is 48.5 Å². The van der Waals surface area contributed by atoms with E-state index in [0.717, 1.165) is 6.42 Å². The summed E-state index contributed by atoms with van der Waals surface area (Å²) >= 11 is 6.14. The molecule has 1 aliphatic heterocycles. The predicted octanol–water partition coefficient (Wildman–Crippen LogP) is 4.86. The van der Waals surface area contributed by atoms with Crippen LogP contribution in [0.25, 0.3) is 0 Å². The molecular weight excluding hydrogens is 360 g/mol. The van der Waals surface area contributed by atoms with Crippen LogP contribution in [0.3, 0.4) is 0 Å². The molecule has 27 heavy (non-hydrogen) atoms. The van der Waals surface area contributed by atoms with Crippen molar-refractivity contribution in [3.05, 3.63) is 64.7 Å². The van der Waals surface area contributed by atoms with Gasteiger partial charge in [0.2, 0.25) is 5.91 Å². The summed E-state index contributed by atoms with van der Waals surface area (Å²) in [5.74, 6) is -0.0599. The fourth-order valence-electron chi connectivity index (χ4n) is 3.20. The lowest BCUT2D eigenvalue weighted by Crippen LogP contribution is -2.42. The largest absolute Gasteiger partial charge is 0.324 e. The number of hydrogen-bond acceptors (Lipinski definition) is 2. The highest BCUT2D eigenvalue weighted by Crippen LogP contribution is 2.25. The highest BCUT2D eigenvalue weighted by Gasteiger charge is 2.26. The smallest absolute Gasteiger partial charge is 0.259 e. The third-order valence-corrected chi connectivity index (χ3v) is 5.08. The van der Waals surface area contributed by atoms with Crippen molar-refractivity contribution in [2.75, 3.05) is 18.1 Å². The van der Waals surface area contributed by atoms with Crippen molar-refractivity contribution in [2.24, 2.45) is 0 Å². The van der Waals surface area contributed by atoms with Crippen LogP contribution in [0, 0.1) is 0 Å². The van der Waals surface area contributed by atoms with Crippen LogP contribution in [-0.4, -0.2) is 29.9 Å². The Kier molecular flexibility index (Phi) is 5.56. The monoisotopic (exact) mass is 384 g/mol. The lowest BCUT2D eigenvalue weighted by molar-refractivity contribution is -0.127. The van der Waals surface area contributed by atoms with E-state index in [1.807, 2.05) is 36.4 Å². The minimum atomic E-state index is -0.141. The minimum Gasteiger partial charge on any atom is -0.324 e. The van der Waals surface area contributed by atoms with E-state index in [0.29, 0.717) is 29.2 Å². The second-order valence-electron chi connectivity index (χ2n) is 7.94. The molecule has 1 aliphatic rings. The van der Waals surface area contributed by atoms with E-state index in [4.69, 9.17) is 11.6 Å². The van der Waals surface area contributed by atoms with Crippen LogP contribution in [0.4, 0.5) is 5.69 Å². The first-order valence-corrected chi connectivity index (χ1v) is 9.59. The van der Waals surface area contributed by atoms with Crippen LogP contribution in [0.2, 0.25) is 5.02 Å². The lowest BCUT2D eigenvalue weighted by atomic mass is 9.86. The molecule has 0 saturated carbocycles. The molecule has 1 saturated heterocycles. The molecule has 2 amide bonds. The maximum Gasteiger partial charge on any atom is 0.259 e. The van der Waals surface area contributed by atoms with E-state index in [2.05, 4.69) is 20.8 Å².